The molecule has 0 radical (unpaired) electrons. The maximum absolute atomic E-state index is 5.97. The molecule has 2 aromatic rings. The van der Waals surface area contributed by atoms with Gasteiger partial charge in [0.05, 0.1) is 5.02 Å². The SMILES string of the molecule is Clc1cnccc1Cn1cccc1. The van der Waals surface area contributed by atoms with Crippen molar-refractivity contribution >= 4 is 11.6 Å². The van der Waals surface area contributed by atoms with Gasteiger partial charge in [0.15, 0.2) is 0 Å². The van der Waals surface area contributed by atoms with Gasteiger partial charge >= 0.3 is 0 Å². The zero-order valence-electron chi connectivity index (χ0n) is 7.02. The molecule has 2 nitrogen and oxygen atoms in total. The summed E-state index contributed by atoms with van der Waals surface area (Å²) >= 11 is 5.97. The first-order chi connectivity index (χ1) is 6.36. The fourth-order valence-electron chi connectivity index (χ4n) is 1.20. The van der Waals surface area contributed by atoms with Gasteiger partial charge in [0.1, 0.15) is 0 Å². The molecule has 2 aromatic heterocycles. The highest BCUT2D eigenvalue weighted by atomic mass is 35.5. The molecule has 0 bridgehead atoms. The van der Waals surface area contributed by atoms with Crippen LogP contribution in [0, 0.1) is 0 Å². The molecule has 13 heavy (non-hydrogen) atoms. The lowest BCUT2D eigenvalue weighted by molar-refractivity contribution is 0.804. The maximum atomic E-state index is 5.97. The Bertz CT molecular complexity index is 382. The van der Waals surface area contributed by atoms with E-state index in [0.29, 0.717) is 0 Å². The van der Waals surface area contributed by atoms with Crippen molar-refractivity contribution in [3.63, 3.8) is 0 Å². The Hall–Kier alpha value is -1.28. The van der Waals surface area contributed by atoms with Crippen molar-refractivity contribution in [3.05, 3.63) is 53.6 Å². The summed E-state index contributed by atoms with van der Waals surface area (Å²) in [5.41, 5.74) is 1.09. The second-order valence-electron chi connectivity index (χ2n) is 2.82. The van der Waals surface area contributed by atoms with Crippen molar-refractivity contribution < 1.29 is 0 Å². The smallest absolute Gasteiger partial charge is 0.0639 e. The molecule has 0 saturated heterocycles. The number of rotatable bonds is 2. The zero-order valence-corrected chi connectivity index (χ0v) is 7.78. The number of hydrogen-bond acceptors (Lipinski definition) is 1. The fourth-order valence-corrected chi connectivity index (χ4v) is 1.38. The highest BCUT2D eigenvalue weighted by molar-refractivity contribution is 6.31. The molecule has 0 aromatic carbocycles. The number of aromatic nitrogens is 2. The second-order valence-corrected chi connectivity index (χ2v) is 3.23. The minimum atomic E-state index is 0.719. The summed E-state index contributed by atoms with van der Waals surface area (Å²) in [6.07, 6.45) is 7.44. The van der Waals surface area contributed by atoms with Gasteiger partial charge in [-0.3, -0.25) is 4.98 Å². The molecule has 0 aliphatic rings. The summed E-state index contributed by atoms with van der Waals surface area (Å²) in [4.78, 5) is 3.93. The Kier molecular flexibility index (Phi) is 2.32. The Morgan fingerprint density at radius 2 is 2.08 bits per heavy atom. The summed E-state index contributed by atoms with van der Waals surface area (Å²) in [7, 11) is 0. The lowest BCUT2D eigenvalue weighted by Crippen LogP contribution is -1.96. The molecule has 2 heterocycles. The number of nitrogens with zero attached hydrogens (tertiary/aromatic N) is 2. The molecule has 0 aliphatic carbocycles. The lowest BCUT2D eigenvalue weighted by Gasteiger charge is -2.04. The first-order valence-electron chi connectivity index (χ1n) is 4.05. The van der Waals surface area contributed by atoms with Crippen LogP contribution in [0.3, 0.4) is 0 Å². The first kappa shape index (κ1) is 8.32. The van der Waals surface area contributed by atoms with E-state index in [1.807, 2.05) is 30.6 Å². The standard InChI is InChI=1S/C10H9ClN2/c11-10-7-12-4-3-9(10)8-13-5-1-2-6-13/h1-7H,8H2. The van der Waals surface area contributed by atoms with Crippen molar-refractivity contribution in [2.45, 2.75) is 6.54 Å². The molecule has 0 saturated carbocycles. The van der Waals surface area contributed by atoms with Gasteiger partial charge in [0.2, 0.25) is 0 Å². The molecule has 0 spiro atoms. The zero-order chi connectivity index (χ0) is 9.10. The molecule has 66 valence electrons. The lowest BCUT2D eigenvalue weighted by atomic mass is 10.3. The highest BCUT2D eigenvalue weighted by Gasteiger charge is 1.98. The van der Waals surface area contributed by atoms with Crippen molar-refractivity contribution in [1.29, 1.82) is 0 Å². The molecule has 0 fully saturated rings. The molecule has 2 rings (SSSR count). The predicted octanol–water partition coefficient (Wildman–Crippen LogP) is 2.58. The van der Waals surface area contributed by atoms with Crippen LogP contribution in [0.15, 0.2) is 43.0 Å². The second kappa shape index (κ2) is 3.62. The fraction of sp³-hybridized carbons (Fsp3) is 0.100. The van der Waals surface area contributed by atoms with Crippen LogP contribution in [0.2, 0.25) is 5.02 Å². The maximum Gasteiger partial charge on any atom is 0.0639 e. The van der Waals surface area contributed by atoms with E-state index in [9.17, 15) is 0 Å². The molecule has 0 atom stereocenters. The average molecular weight is 193 g/mol. The Balaban J connectivity index is 2.24. The summed E-state index contributed by atoms with van der Waals surface area (Å²) < 4.78 is 2.07. The van der Waals surface area contributed by atoms with Crippen molar-refractivity contribution in [2.75, 3.05) is 0 Å². The quantitative estimate of drug-likeness (QED) is 0.715. The average Bonchev–Trinajstić information content (AvgIpc) is 2.61. The molecule has 0 N–H and O–H groups in total. The van der Waals surface area contributed by atoms with E-state index in [-0.39, 0.29) is 0 Å². The Morgan fingerprint density at radius 1 is 1.31 bits per heavy atom. The first-order valence-corrected chi connectivity index (χ1v) is 4.43. The van der Waals surface area contributed by atoms with Crippen LogP contribution in [0.4, 0.5) is 0 Å². The monoisotopic (exact) mass is 192 g/mol. The topological polar surface area (TPSA) is 17.8 Å². The third-order valence-electron chi connectivity index (χ3n) is 1.88. The van der Waals surface area contributed by atoms with E-state index in [0.717, 1.165) is 17.1 Å². The molecular formula is C10H9ClN2. The van der Waals surface area contributed by atoms with Crippen LogP contribution in [0.25, 0.3) is 0 Å². The molecular weight excluding hydrogens is 184 g/mol. The minimum Gasteiger partial charge on any atom is -0.350 e. The predicted molar refractivity (Wildman–Crippen MR) is 52.8 cm³/mol. The Morgan fingerprint density at radius 3 is 2.77 bits per heavy atom. The van der Waals surface area contributed by atoms with Gasteiger partial charge in [-0.1, -0.05) is 11.6 Å². The van der Waals surface area contributed by atoms with Crippen LogP contribution < -0.4 is 0 Å². The van der Waals surface area contributed by atoms with E-state index in [2.05, 4.69) is 9.55 Å². The van der Waals surface area contributed by atoms with Crippen LogP contribution >= 0.6 is 11.6 Å². The van der Waals surface area contributed by atoms with Crippen LogP contribution in [-0.2, 0) is 6.54 Å². The normalized spacial score (nSPS) is 10.2. The van der Waals surface area contributed by atoms with Crippen LogP contribution in [-0.4, -0.2) is 9.55 Å². The van der Waals surface area contributed by atoms with Crippen molar-refractivity contribution in [3.8, 4) is 0 Å². The third-order valence-corrected chi connectivity index (χ3v) is 2.22. The van der Waals surface area contributed by atoms with Gasteiger partial charge in [-0.15, -0.1) is 0 Å². The molecule has 0 aliphatic heterocycles. The van der Waals surface area contributed by atoms with E-state index in [1.165, 1.54) is 0 Å². The van der Waals surface area contributed by atoms with Crippen LogP contribution in [0.1, 0.15) is 5.56 Å². The molecule has 3 heteroatoms. The highest BCUT2D eigenvalue weighted by Crippen LogP contribution is 2.14. The molecule has 0 unspecified atom stereocenters. The van der Waals surface area contributed by atoms with Gasteiger partial charge in [-0.2, -0.15) is 0 Å². The van der Waals surface area contributed by atoms with Crippen molar-refractivity contribution in [1.82, 2.24) is 9.55 Å². The largest absolute Gasteiger partial charge is 0.350 e. The van der Waals surface area contributed by atoms with Gasteiger partial charge in [-0.25, -0.2) is 0 Å². The molecule has 0 amide bonds. The number of halogens is 1. The Labute approximate surface area is 81.8 Å². The number of pyridine rings is 1. The van der Waals surface area contributed by atoms with E-state index in [1.54, 1.807) is 12.4 Å². The van der Waals surface area contributed by atoms with Gasteiger partial charge in [-0.05, 0) is 23.8 Å². The third kappa shape index (κ3) is 1.90. The summed E-state index contributed by atoms with van der Waals surface area (Å²) in [6.45, 7) is 0.800. The summed E-state index contributed by atoms with van der Waals surface area (Å²) in [5.74, 6) is 0. The van der Waals surface area contributed by atoms with Crippen molar-refractivity contribution in [2.24, 2.45) is 0 Å². The van der Waals surface area contributed by atoms with Gasteiger partial charge in [0.25, 0.3) is 0 Å². The minimum absolute atomic E-state index is 0.719. The van der Waals surface area contributed by atoms with Crippen LogP contribution in [0.5, 0.6) is 0 Å². The summed E-state index contributed by atoms with van der Waals surface area (Å²) in [6, 6.07) is 5.92. The van der Waals surface area contributed by atoms with Gasteiger partial charge in [0, 0.05) is 31.3 Å². The van der Waals surface area contributed by atoms with E-state index >= 15 is 0 Å². The van der Waals surface area contributed by atoms with Gasteiger partial charge < -0.3 is 4.57 Å². The van der Waals surface area contributed by atoms with E-state index in [4.69, 9.17) is 11.6 Å². The summed E-state index contributed by atoms with van der Waals surface area (Å²) in [5, 5.41) is 0.719. The van der Waals surface area contributed by atoms with E-state index < -0.39 is 0 Å². The number of hydrogen-bond donors (Lipinski definition) is 0.